The quantitative estimate of drug-likeness (QED) is 0.512. The summed E-state index contributed by atoms with van der Waals surface area (Å²) >= 11 is 0. The third kappa shape index (κ3) is 0.929. The lowest BCUT2D eigenvalue weighted by Crippen LogP contribution is -2.57. The second-order valence-electron chi connectivity index (χ2n) is 7.31. The van der Waals surface area contributed by atoms with Crippen molar-refractivity contribution in [3.05, 3.63) is 6.42 Å². The van der Waals surface area contributed by atoms with Crippen molar-refractivity contribution in [2.24, 2.45) is 28.1 Å². The van der Waals surface area contributed by atoms with E-state index in [0.717, 1.165) is 11.8 Å². The smallest absolute Gasteiger partial charge is 0.0618 e. The van der Waals surface area contributed by atoms with E-state index in [1.54, 1.807) is 0 Å². The van der Waals surface area contributed by atoms with Crippen LogP contribution in [0.15, 0.2) is 0 Å². The van der Waals surface area contributed by atoms with Crippen molar-refractivity contribution < 1.29 is 0 Å². The molecule has 4 saturated carbocycles. The highest BCUT2D eigenvalue weighted by molar-refractivity contribution is 5.20. The predicted octanol–water partition coefficient (Wildman–Crippen LogP) is 4.45. The van der Waals surface area contributed by atoms with Crippen LogP contribution < -0.4 is 0 Å². The van der Waals surface area contributed by atoms with Crippen LogP contribution in [0.5, 0.6) is 0 Å². The van der Waals surface area contributed by atoms with E-state index in [1.165, 1.54) is 32.1 Å². The van der Waals surface area contributed by atoms with Crippen molar-refractivity contribution in [3.8, 4) is 0 Å². The van der Waals surface area contributed by atoms with Crippen LogP contribution in [0.4, 0.5) is 0 Å². The van der Waals surface area contributed by atoms with Gasteiger partial charge in [-0.15, -0.1) is 0 Å². The molecule has 4 aliphatic rings. The molecule has 4 aliphatic carbocycles. The fourth-order valence-corrected chi connectivity index (χ4v) is 5.27. The van der Waals surface area contributed by atoms with Crippen LogP contribution in [0, 0.1) is 34.5 Å². The van der Waals surface area contributed by atoms with Gasteiger partial charge in [-0.05, 0) is 44.4 Å². The van der Waals surface area contributed by atoms with Crippen LogP contribution in [0.1, 0.15) is 59.8 Å². The van der Waals surface area contributed by atoms with Crippen molar-refractivity contribution in [3.63, 3.8) is 0 Å². The molecule has 4 atom stereocenters. The average molecular weight is 205 g/mol. The van der Waals surface area contributed by atoms with Gasteiger partial charge < -0.3 is 0 Å². The Hall–Kier alpha value is -0.130. The minimum atomic E-state index is 0.531. The topological polar surface area (TPSA) is 0 Å². The molecule has 84 valence electrons. The first-order valence-corrected chi connectivity index (χ1v) is 6.77. The van der Waals surface area contributed by atoms with E-state index in [9.17, 15) is 0 Å². The van der Waals surface area contributed by atoms with Gasteiger partial charge in [0.25, 0.3) is 0 Å². The fourth-order valence-electron chi connectivity index (χ4n) is 5.27. The molecule has 0 N–H and O–H groups in total. The Balaban J connectivity index is 2.08. The molecule has 0 aromatic heterocycles. The van der Waals surface area contributed by atoms with Crippen LogP contribution in [0.2, 0.25) is 0 Å². The summed E-state index contributed by atoms with van der Waals surface area (Å²) < 4.78 is 0. The third-order valence-electron chi connectivity index (χ3n) is 6.95. The SMILES string of the molecule is CC1CCC2C13C[CH+]C(C)(CC3)C2(C)C. The maximum atomic E-state index is 2.69. The van der Waals surface area contributed by atoms with Crippen molar-refractivity contribution in [1.29, 1.82) is 0 Å². The van der Waals surface area contributed by atoms with E-state index < -0.39 is 0 Å². The van der Waals surface area contributed by atoms with Gasteiger partial charge in [-0.3, -0.25) is 0 Å². The average Bonchev–Trinajstić information content (AvgIpc) is 2.50. The van der Waals surface area contributed by atoms with Crippen molar-refractivity contribution in [2.45, 2.75) is 59.8 Å². The van der Waals surface area contributed by atoms with Crippen LogP contribution in [0.3, 0.4) is 0 Å². The Morgan fingerprint density at radius 3 is 2.40 bits per heavy atom. The van der Waals surface area contributed by atoms with Crippen LogP contribution in [-0.2, 0) is 0 Å². The van der Waals surface area contributed by atoms with Gasteiger partial charge in [0.1, 0.15) is 5.41 Å². The number of fused-ring (bicyclic) bond motifs is 2. The molecule has 0 aromatic rings. The molecule has 0 saturated heterocycles. The van der Waals surface area contributed by atoms with Gasteiger partial charge in [0, 0.05) is 10.8 Å². The summed E-state index contributed by atoms with van der Waals surface area (Å²) in [5.74, 6) is 1.98. The van der Waals surface area contributed by atoms with Gasteiger partial charge in [0.15, 0.2) is 0 Å². The van der Waals surface area contributed by atoms with E-state index in [-0.39, 0.29) is 0 Å². The second kappa shape index (κ2) is 2.57. The van der Waals surface area contributed by atoms with Gasteiger partial charge in [-0.1, -0.05) is 20.8 Å². The zero-order valence-corrected chi connectivity index (χ0v) is 10.8. The maximum Gasteiger partial charge on any atom is 0.110 e. The summed E-state index contributed by atoms with van der Waals surface area (Å²) in [6.07, 6.45) is 10.0. The second-order valence-corrected chi connectivity index (χ2v) is 7.31. The Labute approximate surface area is 94.8 Å². The number of rotatable bonds is 0. The highest BCUT2D eigenvalue weighted by atomic mass is 14.7. The van der Waals surface area contributed by atoms with Crippen molar-refractivity contribution in [1.82, 2.24) is 0 Å². The van der Waals surface area contributed by atoms with Gasteiger partial charge >= 0.3 is 0 Å². The summed E-state index contributed by atoms with van der Waals surface area (Å²) in [5, 5.41) is 0. The lowest BCUT2D eigenvalue weighted by atomic mass is 9.39. The fraction of sp³-hybridized carbons (Fsp3) is 0.933. The summed E-state index contributed by atoms with van der Waals surface area (Å²) in [4.78, 5) is 0. The Morgan fingerprint density at radius 2 is 1.80 bits per heavy atom. The van der Waals surface area contributed by atoms with Crippen molar-refractivity contribution in [2.75, 3.05) is 0 Å². The molecule has 0 aromatic carbocycles. The molecule has 0 amide bonds. The third-order valence-corrected chi connectivity index (χ3v) is 6.95. The number of hydrogen-bond donors (Lipinski definition) is 0. The van der Waals surface area contributed by atoms with Gasteiger partial charge in [0.2, 0.25) is 0 Å². The largest absolute Gasteiger partial charge is 0.110 e. The van der Waals surface area contributed by atoms with E-state index in [2.05, 4.69) is 34.1 Å². The van der Waals surface area contributed by atoms with Crippen LogP contribution in [-0.4, -0.2) is 0 Å². The summed E-state index contributed by atoms with van der Waals surface area (Å²) in [5.41, 5.74) is 1.79. The molecule has 15 heavy (non-hydrogen) atoms. The Bertz CT molecular complexity index is 278. The normalized spacial score (nSPS) is 56.3. The molecule has 2 bridgehead atoms. The van der Waals surface area contributed by atoms with Crippen LogP contribution in [0.25, 0.3) is 0 Å². The first-order valence-electron chi connectivity index (χ1n) is 6.77. The molecule has 4 fully saturated rings. The maximum absolute atomic E-state index is 2.69. The molecule has 0 heteroatoms. The number of hydrogen-bond acceptors (Lipinski definition) is 0. The monoisotopic (exact) mass is 205 g/mol. The standard InChI is InChI=1S/C15H25/c1-11-5-6-12-13(2,3)14(4)7-9-15(11,12)10-8-14/h7,11-12H,5-6,8-10H2,1-4H3/q+1. The highest BCUT2D eigenvalue weighted by Gasteiger charge is 2.70. The molecule has 4 rings (SSSR count). The molecule has 0 radical (unpaired) electrons. The Morgan fingerprint density at radius 1 is 1.07 bits per heavy atom. The summed E-state index contributed by atoms with van der Waals surface area (Å²) in [6, 6.07) is 0. The predicted molar refractivity (Wildman–Crippen MR) is 64.4 cm³/mol. The zero-order valence-electron chi connectivity index (χ0n) is 10.8. The molecule has 1 spiro atoms. The molecular weight excluding hydrogens is 180 g/mol. The van der Waals surface area contributed by atoms with E-state index in [0.29, 0.717) is 16.2 Å². The highest BCUT2D eigenvalue weighted by Crippen LogP contribution is 2.73. The molecule has 0 heterocycles. The summed E-state index contributed by atoms with van der Waals surface area (Å²) in [7, 11) is 0. The molecule has 0 aliphatic heterocycles. The van der Waals surface area contributed by atoms with Gasteiger partial charge in [-0.2, -0.15) is 0 Å². The molecular formula is C15H25+. The lowest BCUT2D eigenvalue weighted by molar-refractivity contribution is -0.128. The first-order chi connectivity index (χ1) is 6.92. The van der Waals surface area contributed by atoms with E-state index in [1.807, 2.05) is 0 Å². The van der Waals surface area contributed by atoms with E-state index >= 15 is 0 Å². The van der Waals surface area contributed by atoms with Crippen LogP contribution >= 0.6 is 0 Å². The lowest BCUT2D eigenvalue weighted by Gasteiger charge is -2.60. The molecule has 4 unspecified atom stereocenters. The summed E-state index contributed by atoms with van der Waals surface area (Å²) in [6.45, 7) is 10.1. The first kappa shape index (κ1) is 10.1. The van der Waals surface area contributed by atoms with Gasteiger partial charge in [0.05, 0.1) is 12.8 Å². The van der Waals surface area contributed by atoms with Crippen molar-refractivity contribution >= 4 is 0 Å². The zero-order chi connectivity index (χ0) is 10.9. The Kier molecular flexibility index (Phi) is 1.73. The minimum absolute atomic E-state index is 0.531. The van der Waals surface area contributed by atoms with Gasteiger partial charge in [-0.25, -0.2) is 0 Å². The minimum Gasteiger partial charge on any atom is -0.0618 e. The van der Waals surface area contributed by atoms with E-state index in [4.69, 9.17) is 0 Å². The molecule has 0 nitrogen and oxygen atoms in total.